The second-order valence-corrected chi connectivity index (χ2v) is 3.96. The van der Waals surface area contributed by atoms with E-state index in [2.05, 4.69) is 20.7 Å². The van der Waals surface area contributed by atoms with E-state index >= 15 is 0 Å². The summed E-state index contributed by atoms with van der Waals surface area (Å²) >= 11 is 2.97. The number of carbonyl (C=O) groups excluding carboxylic acids is 1. The Hall–Kier alpha value is -1.17. The highest BCUT2D eigenvalue weighted by atomic mass is 79.9. The minimum absolute atomic E-state index is 0.0110. The Balaban J connectivity index is 2.55. The van der Waals surface area contributed by atoms with Crippen LogP contribution in [0.1, 0.15) is 13.3 Å². The molecule has 0 radical (unpaired) electrons. The molecule has 0 fully saturated rings. The molecule has 0 N–H and O–H groups in total. The Morgan fingerprint density at radius 3 is 2.71 bits per heavy atom. The van der Waals surface area contributed by atoms with Crippen molar-refractivity contribution in [2.24, 2.45) is 0 Å². The molecule has 0 saturated carbocycles. The molecule has 1 rings (SSSR count). The molecule has 1 aromatic carbocycles. The molecule has 0 heterocycles. The van der Waals surface area contributed by atoms with Gasteiger partial charge in [0.15, 0.2) is 11.6 Å². The molecule has 0 amide bonds. The largest absolute Gasteiger partial charge is 0.489 e. The number of rotatable bonds is 5. The average molecular weight is 309 g/mol. The maximum atomic E-state index is 13.3. The lowest BCUT2D eigenvalue weighted by Crippen LogP contribution is -2.10. The number of hydrogen-bond donors (Lipinski definition) is 0. The van der Waals surface area contributed by atoms with Crippen molar-refractivity contribution in [3.63, 3.8) is 0 Å². The fourth-order valence-electron chi connectivity index (χ4n) is 1.14. The van der Waals surface area contributed by atoms with Crippen LogP contribution in [0, 0.1) is 11.6 Å². The Morgan fingerprint density at radius 2 is 2.12 bits per heavy atom. The molecule has 0 aliphatic carbocycles. The van der Waals surface area contributed by atoms with Gasteiger partial charge in [-0.25, -0.2) is 8.78 Å². The smallest absolute Gasteiger partial charge is 0.309 e. The molecular weight excluding hydrogens is 298 g/mol. The van der Waals surface area contributed by atoms with E-state index in [0.29, 0.717) is 6.07 Å². The third kappa shape index (κ3) is 4.30. The summed E-state index contributed by atoms with van der Waals surface area (Å²) in [6.45, 7) is 1.95. The molecule has 17 heavy (non-hydrogen) atoms. The molecule has 0 aliphatic rings. The fourth-order valence-corrected chi connectivity index (χ4v) is 1.66. The quantitative estimate of drug-likeness (QED) is 0.784. The standard InChI is InChI=1S/C11H11BrF2O3/c1-2-16-10(15)3-4-17-11-8(12)5-7(13)6-9(11)14/h5-6H,2-4H2,1H3. The summed E-state index contributed by atoms with van der Waals surface area (Å²) in [6, 6.07) is 1.80. The predicted molar refractivity (Wildman–Crippen MR) is 60.8 cm³/mol. The highest BCUT2D eigenvalue weighted by Gasteiger charge is 2.11. The van der Waals surface area contributed by atoms with Crippen molar-refractivity contribution < 1.29 is 23.0 Å². The summed E-state index contributed by atoms with van der Waals surface area (Å²) in [5.41, 5.74) is 0. The van der Waals surface area contributed by atoms with Crippen LogP contribution >= 0.6 is 15.9 Å². The Kier molecular flexibility index (Phi) is 5.34. The van der Waals surface area contributed by atoms with E-state index in [1.807, 2.05) is 0 Å². The van der Waals surface area contributed by atoms with Crippen molar-refractivity contribution in [3.8, 4) is 5.75 Å². The van der Waals surface area contributed by atoms with Gasteiger partial charge in [-0.3, -0.25) is 4.79 Å². The molecule has 0 atom stereocenters. The van der Waals surface area contributed by atoms with Crippen LogP contribution in [0.4, 0.5) is 8.78 Å². The van der Waals surface area contributed by atoms with E-state index in [4.69, 9.17) is 4.74 Å². The van der Waals surface area contributed by atoms with Gasteiger partial charge < -0.3 is 9.47 Å². The van der Waals surface area contributed by atoms with E-state index in [1.54, 1.807) is 6.92 Å². The maximum Gasteiger partial charge on any atom is 0.309 e. The lowest BCUT2D eigenvalue weighted by Gasteiger charge is -2.09. The van der Waals surface area contributed by atoms with Crippen LogP contribution < -0.4 is 4.74 Å². The first-order chi connectivity index (χ1) is 8.04. The number of ether oxygens (including phenoxy) is 2. The number of esters is 1. The van der Waals surface area contributed by atoms with Gasteiger partial charge in [0, 0.05) is 6.07 Å². The van der Waals surface area contributed by atoms with E-state index in [1.165, 1.54) is 0 Å². The minimum atomic E-state index is -0.819. The van der Waals surface area contributed by atoms with Gasteiger partial charge in [-0.1, -0.05) is 0 Å². The first-order valence-corrected chi connectivity index (χ1v) is 5.77. The van der Waals surface area contributed by atoms with Crippen molar-refractivity contribution in [2.75, 3.05) is 13.2 Å². The van der Waals surface area contributed by atoms with E-state index in [-0.39, 0.29) is 29.9 Å². The number of halogens is 3. The van der Waals surface area contributed by atoms with E-state index < -0.39 is 17.6 Å². The SMILES string of the molecule is CCOC(=O)CCOc1c(F)cc(F)cc1Br. The van der Waals surface area contributed by atoms with Crippen LogP contribution in [0.2, 0.25) is 0 Å². The third-order valence-electron chi connectivity index (χ3n) is 1.82. The molecule has 0 aliphatic heterocycles. The van der Waals surface area contributed by atoms with Gasteiger partial charge in [0.2, 0.25) is 0 Å². The lowest BCUT2D eigenvalue weighted by atomic mass is 10.3. The first kappa shape index (κ1) is 13.9. The molecular formula is C11H11BrF2O3. The van der Waals surface area contributed by atoms with Crippen LogP contribution in [-0.4, -0.2) is 19.2 Å². The zero-order chi connectivity index (χ0) is 12.8. The van der Waals surface area contributed by atoms with Gasteiger partial charge in [-0.2, -0.15) is 0 Å². The highest BCUT2D eigenvalue weighted by molar-refractivity contribution is 9.10. The molecule has 6 heteroatoms. The van der Waals surface area contributed by atoms with Gasteiger partial charge in [0.25, 0.3) is 0 Å². The topological polar surface area (TPSA) is 35.5 Å². The van der Waals surface area contributed by atoms with Crippen molar-refractivity contribution in [1.82, 2.24) is 0 Å². The Bertz CT molecular complexity index is 387. The summed E-state index contributed by atoms with van der Waals surface area (Å²) in [4.78, 5) is 11.0. The molecule has 0 unspecified atom stereocenters. The third-order valence-corrected chi connectivity index (χ3v) is 2.41. The fraction of sp³-hybridized carbons (Fsp3) is 0.364. The molecule has 0 bridgehead atoms. The number of benzene rings is 1. The van der Waals surface area contributed by atoms with Gasteiger partial charge in [-0.15, -0.1) is 0 Å². The molecule has 0 spiro atoms. The van der Waals surface area contributed by atoms with Gasteiger partial charge in [0.1, 0.15) is 5.82 Å². The van der Waals surface area contributed by atoms with Crippen molar-refractivity contribution in [2.45, 2.75) is 13.3 Å². The molecule has 94 valence electrons. The van der Waals surface area contributed by atoms with Crippen LogP contribution in [0.15, 0.2) is 16.6 Å². The summed E-state index contributed by atoms with van der Waals surface area (Å²) in [5.74, 6) is -2.06. The maximum absolute atomic E-state index is 13.3. The summed E-state index contributed by atoms with van der Waals surface area (Å²) in [7, 11) is 0. The minimum Gasteiger partial charge on any atom is -0.489 e. The number of hydrogen-bond acceptors (Lipinski definition) is 3. The summed E-state index contributed by atoms with van der Waals surface area (Å²) in [6.07, 6.45) is 0.0110. The van der Waals surface area contributed by atoms with E-state index in [0.717, 1.165) is 6.07 Å². The molecule has 0 saturated heterocycles. The normalized spacial score (nSPS) is 10.1. The van der Waals surface area contributed by atoms with Crippen LogP contribution in [0.5, 0.6) is 5.75 Å². The van der Waals surface area contributed by atoms with Gasteiger partial charge >= 0.3 is 5.97 Å². The Morgan fingerprint density at radius 1 is 1.41 bits per heavy atom. The summed E-state index contributed by atoms with van der Waals surface area (Å²) in [5, 5.41) is 0. The van der Waals surface area contributed by atoms with Gasteiger partial charge in [0.05, 0.1) is 24.1 Å². The van der Waals surface area contributed by atoms with Gasteiger partial charge in [-0.05, 0) is 28.9 Å². The van der Waals surface area contributed by atoms with Crippen molar-refractivity contribution in [1.29, 1.82) is 0 Å². The molecule has 3 nitrogen and oxygen atoms in total. The zero-order valence-corrected chi connectivity index (χ0v) is 10.7. The lowest BCUT2D eigenvalue weighted by molar-refractivity contribution is -0.143. The van der Waals surface area contributed by atoms with Crippen molar-refractivity contribution in [3.05, 3.63) is 28.2 Å². The van der Waals surface area contributed by atoms with Crippen LogP contribution in [-0.2, 0) is 9.53 Å². The van der Waals surface area contributed by atoms with Crippen LogP contribution in [0.25, 0.3) is 0 Å². The Labute approximate surface area is 106 Å². The van der Waals surface area contributed by atoms with Crippen LogP contribution in [0.3, 0.4) is 0 Å². The monoisotopic (exact) mass is 308 g/mol. The molecule has 1 aromatic rings. The summed E-state index contributed by atoms with van der Waals surface area (Å²) < 4.78 is 35.9. The first-order valence-electron chi connectivity index (χ1n) is 4.97. The second kappa shape index (κ2) is 6.54. The zero-order valence-electron chi connectivity index (χ0n) is 9.13. The highest BCUT2D eigenvalue weighted by Crippen LogP contribution is 2.29. The second-order valence-electron chi connectivity index (χ2n) is 3.10. The molecule has 0 aromatic heterocycles. The number of carbonyl (C=O) groups is 1. The van der Waals surface area contributed by atoms with E-state index in [9.17, 15) is 13.6 Å². The van der Waals surface area contributed by atoms with Crippen molar-refractivity contribution >= 4 is 21.9 Å². The average Bonchev–Trinajstić information content (AvgIpc) is 2.22. The predicted octanol–water partition coefficient (Wildman–Crippen LogP) is 3.06.